The van der Waals surface area contributed by atoms with E-state index in [9.17, 15) is 4.79 Å². The van der Waals surface area contributed by atoms with Crippen LogP contribution >= 0.6 is 27.5 Å². The van der Waals surface area contributed by atoms with Crippen molar-refractivity contribution in [1.29, 1.82) is 0 Å². The Morgan fingerprint density at radius 2 is 1.94 bits per heavy atom. The van der Waals surface area contributed by atoms with E-state index in [1.54, 1.807) is 42.6 Å². The fourth-order valence-electron chi connectivity index (χ4n) is 1.30. The normalized spacial score (nSPS) is 9.89. The average Bonchev–Trinajstić information content (AvgIpc) is 2.35. The molecule has 2 aromatic rings. The summed E-state index contributed by atoms with van der Waals surface area (Å²) in [7, 11) is 0. The molecule has 1 aromatic heterocycles. The maximum atomic E-state index is 11.7. The van der Waals surface area contributed by atoms with Crippen LogP contribution in [0.3, 0.4) is 0 Å². The second kappa shape index (κ2) is 5.84. The Morgan fingerprint density at radius 3 is 2.67 bits per heavy atom. The highest BCUT2D eigenvalue weighted by atomic mass is 79.9. The molecule has 1 heterocycles. The van der Waals surface area contributed by atoms with Gasteiger partial charge in [0.25, 0.3) is 0 Å². The highest BCUT2D eigenvalue weighted by molar-refractivity contribution is 9.10. The lowest BCUT2D eigenvalue weighted by Crippen LogP contribution is -2.20. The number of hydrogen-bond acceptors (Lipinski definition) is 2. The zero-order chi connectivity index (χ0) is 13.0. The number of nitrogens with one attached hydrogen (secondary N) is 2. The summed E-state index contributed by atoms with van der Waals surface area (Å²) in [6.45, 7) is 0. The third kappa shape index (κ3) is 3.21. The summed E-state index contributed by atoms with van der Waals surface area (Å²) >= 11 is 9.23. The van der Waals surface area contributed by atoms with Gasteiger partial charge in [0, 0.05) is 6.20 Å². The first-order valence-electron chi connectivity index (χ1n) is 5.10. The Kier molecular flexibility index (Phi) is 4.17. The van der Waals surface area contributed by atoms with E-state index in [1.165, 1.54) is 0 Å². The third-order valence-electron chi connectivity index (χ3n) is 2.11. The predicted octanol–water partition coefficient (Wildman–Crippen LogP) is 4.14. The summed E-state index contributed by atoms with van der Waals surface area (Å²) in [6.07, 6.45) is 1.59. The van der Waals surface area contributed by atoms with Gasteiger partial charge < -0.3 is 5.32 Å². The molecule has 6 heteroatoms. The molecule has 0 saturated heterocycles. The first-order chi connectivity index (χ1) is 8.66. The SMILES string of the molecule is O=C(Nc1ccccc1Cl)Nc1ncccc1Br. The van der Waals surface area contributed by atoms with Gasteiger partial charge in [-0.05, 0) is 40.2 Å². The van der Waals surface area contributed by atoms with Crippen molar-refractivity contribution in [2.75, 3.05) is 10.6 Å². The Bertz CT molecular complexity index is 527. The van der Waals surface area contributed by atoms with Crippen LogP contribution in [0.2, 0.25) is 5.02 Å². The van der Waals surface area contributed by atoms with Crippen molar-refractivity contribution in [2.45, 2.75) is 0 Å². The number of halogens is 2. The zero-order valence-electron chi connectivity index (χ0n) is 9.15. The van der Waals surface area contributed by atoms with Crippen LogP contribution in [0.5, 0.6) is 0 Å². The lowest BCUT2D eigenvalue weighted by Gasteiger charge is -2.09. The zero-order valence-corrected chi connectivity index (χ0v) is 11.5. The standard InChI is InChI=1S/C12H9BrClN3O/c13-8-4-3-7-15-11(8)17-12(18)16-10-6-2-1-5-9(10)14/h1-7H,(H2,15,16,17,18). The Labute approximate surface area is 118 Å². The molecule has 0 saturated carbocycles. The number of nitrogens with zero attached hydrogens (tertiary/aromatic N) is 1. The lowest BCUT2D eigenvalue weighted by molar-refractivity contribution is 0.262. The van der Waals surface area contributed by atoms with E-state index >= 15 is 0 Å². The molecule has 0 fully saturated rings. The summed E-state index contributed by atoms with van der Waals surface area (Å²) in [6, 6.07) is 10.2. The summed E-state index contributed by atoms with van der Waals surface area (Å²) in [4.78, 5) is 15.8. The number of anilines is 2. The summed E-state index contributed by atoms with van der Waals surface area (Å²) < 4.78 is 0.708. The largest absolute Gasteiger partial charge is 0.324 e. The molecule has 2 N–H and O–H groups in total. The number of rotatable bonds is 2. The van der Waals surface area contributed by atoms with Gasteiger partial charge in [0.1, 0.15) is 5.82 Å². The second-order valence-corrected chi connectivity index (χ2v) is 4.65. The number of benzene rings is 1. The molecule has 0 atom stereocenters. The molecule has 18 heavy (non-hydrogen) atoms. The minimum absolute atomic E-state index is 0.400. The first kappa shape index (κ1) is 12.9. The Morgan fingerprint density at radius 1 is 1.17 bits per heavy atom. The van der Waals surface area contributed by atoms with Crippen LogP contribution in [-0.4, -0.2) is 11.0 Å². The Hall–Kier alpha value is -1.59. The quantitative estimate of drug-likeness (QED) is 0.871. The number of aromatic nitrogens is 1. The van der Waals surface area contributed by atoms with Crippen LogP contribution in [0.1, 0.15) is 0 Å². The summed E-state index contributed by atoms with van der Waals surface area (Å²) in [5.74, 6) is 0.446. The molecule has 0 bridgehead atoms. The van der Waals surface area contributed by atoms with E-state index in [2.05, 4.69) is 31.5 Å². The van der Waals surface area contributed by atoms with Crippen molar-refractivity contribution in [3.8, 4) is 0 Å². The molecular formula is C12H9BrClN3O. The number of amides is 2. The molecule has 2 rings (SSSR count). The predicted molar refractivity (Wildman–Crippen MR) is 76.0 cm³/mol. The highest BCUT2D eigenvalue weighted by Gasteiger charge is 2.07. The molecule has 0 spiro atoms. The Balaban J connectivity index is 2.06. The smallest absolute Gasteiger partial charge is 0.306 e. The molecule has 0 aliphatic rings. The van der Waals surface area contributed by atoms with E-state index in [-0.39, 0.29) is 0 Å². The molecular weight excluding hydrogens is 318 g/mol. The van der Waals surface area contributed by atoms with Crippen LogP contribution in [-0.2, 0) is 0 Å². The fraction of sp³-hybridized carbons (Fsp3) is 0. The maximum absolute atomic E-state index is 11.7. The number of hydrogen-bond donors (Lipinski definition) is 2. The van der Waals surface area contributed by atoms with E-state index in [0.29, 0.717) is 21.0 Å². The molecule has 2 amide bonds. The van der Waals surface area contributed by atoms with Gasteiger partial charge >= 0.3 is 6.03 Å². The summed E-state index contributed by atoms with van der Waals surface area (Å²) in [5.41, 5.74) is 0.545. The van der Waals surface area contributed by atoms with Gasteiger partial charge in [-0.3, -0.25) is 5.32 Å². The van der Waals surface area contributed by atoms with Crippen LogP contribution in [0, 0.1) is 0 Å². The van der Waals surface area contributed by atoms with Gasteiger partial charge in [-0.1, -0.05) is 23.7 Å². The second-order valence-electron chi connectivity index (χ2n) is 3.39. The van der Waals surface area contributed by atoms with Crippen molar-refractivity contribution in [2.24, 2.45) is 0 Å². The topological polar surface area (TPSA) is 54.0 Å². The van der Waals surface area contributed by atoms with Gasteiger partial charge in [0.05, 0.1) is 15.2 Å². The third-order valence-corrected chi connectivity index (χ3v) is 3.08. The molecule has 0 unspecified atom stereocenters. The number of pyridine rings is 1. The van der Waals surface area contributed by atoms with Crippen LogP contribution < -0.4 is 10.6 Å². The van der Waals surface area contributed by atoms with Gasteiger partial charge in [-0.25, -0.2) is 9.78 Å². The molecule has 1 aromatic carbocycles. The van der Waals surface area contributed by atoms with Crippen molar-refractivity contribution in [3.63, 3.8) is 0 Å². The first-order valence-corrected chi connectivity index (χ1v) is 6.27. The van der Waals surface area contributed by atoms with Gasteiger partial charge in [-0.2, -0.15) is 0 Å². The van der Waals surface area contributed by atoms with Crippen molar-refractivity contribution >= 4 is 45.1 Å². The minimum atomic E-state index is -0.400. The minimum Gasteiger partial charge on any atom is -0.306 e. The molecule has 0 radical (unpaired) electrons. The van der Waals surface area contributed by atoms with E-state index < -0.39 is 6.03 Å². The van der Waals surface area contributed by atoms with Crippen LogP contribution in [0.25, 0.3) is 0 Å². The lowest BCUT2D eigenvalue weighted by atomic mass is 10.3. The number of carbonyl (C=O) groups excluding carboxylic acids is 1. The van der Waals surface area contributed by atoms with Crippen molar-refractivity contribution in [1.82, 2.24) is 4.98 Å². The molecule has 4 nitrogen and oxygen atoms in total. The maximum Gasteiger partial charge on any atom is 0.324 e. The molecule has 0 aliphatic carbocycles. The monoisotopic (exact) mass is 325 g/mol. The average molecular weight is 327 g/mol. The number of para-hydroxylation sites is 1. The van der Waals surface area contributed by atoms with E-state index in [1.807, 2.05) is 0 Å². The highest BCUT2D eigenvalue weighted by Crippen LogP contribution is 2.22. The number of urea groups is 1. The van der Waals surface area contributed by atoms with Crippen molar-refractivity contribution in [3.05, 3.63) is 52.1 Å². The fourth-order valence-corrected chi connectivity index (χ4v) is 1.84. The van der Waals surface area contributed by atoms with Crippen LogP contribution in [0.15, 0.2) is 47.1 Å². The molecule has 0 aliphatic heterocycles. The number of carbonyl (C=O) groups is 1. The van der Waals surface area contributed by atoms with Crippen molar-refractivity contribution < 1.29 is 4.79 Å². The van der Waals surface area contributed by atoms with Gasteiger partial charge in [0.2, 0.25) is 0 Å². The van der Waals surface area contributed by atoms with Gasteiger partial charge in [0.15, 0.2) is 0 Å². The summed E-state index contributed by atoms with van der Waals surface area (Å²) in [5, 5.41) is 5.74. The molecule has 92 valence electrons. The van der Waals surface area contributed by atoms with Gasteiger partial charge in [-0.15, -0.1) is 0 Å². The van der Waals surface area contributed by atoms with E-state index in [0.717, 1.165) is 0 Å². The van der Waals surface area contributed by atoms with E-state index in [4.69, 9.17) is 11.6 Å². The van der Waals surface area contributed by atoms with Crippen LogP contribution in [0.4, 0.5) is 16.3 Å².